The van der Waals surface area contributed by atoms with Crippen LogP contribution in [-0.4, -0.2) is 11.3 Å². The zero-order valence-electron chi connectivity index (χ0n) is 7.15. The fourth-order valence-electron chi connectivity index (χ4n) is 1.02. The summed E-state index contributed by atoms with van der Waals surface area (Å²) in [4.78, 5) is 0. The average molecular weight is 288 g/mol. The van der Waals surface area contributed by atoms with Crippen LogP contribution in [-0.2, 0) is 0 Å². The summed E-state index contributed by atoms with van der Waals surface area (Å²) in [6.07, 6.45) is -4.74. The van der Waals surface area contributed by atoms with E-state index in [1.165, 1.54) is 0 Å². The lowest BCUT2D eigenvalue weighted by atomic mass is 10.1. The number of alkyl halides is 3. The molecule has 3 N–H and O–H groups in total. The molecular weight excluding hydrogens is 282 g/mol. The topological polar surface area (TPSA) is 46.2 Å². The van der Waals surface area contributed by atoms with E-state index in [0.29, 0.717) is 0 Å². The minimum atomic E-state index is -4.74. The molecule has 15 heavy (non-hydrogen) atoms. The molecule has 0 heterocycles. The summed E-state index contributed by atoms with van der Waals surface area (Å²) in [6, 6.07) is -0.537. The number of hydrogen-bond donors (Lipinski definition) is 2. The van der Waals surface area contributed by atoms with Crippen LogP contribution in [0.1, 0.15) is 11.6 Å². The van der Waals surface area contributed by atoms with E-state index >= 15 is 0 Å². The Bertz CT molecular complexity index is 380. The van der Waals surface area contributed by atoms with Gasteiger partial charge in [-0.1, -0.05) is 15.9 Å². The molecule has 7 heteroatoms. The summed E-state index contributed by atoms with van der Waals surface area (Å²) < 4.78 is 49.5. The highest BCUT2D eigenvalue weighted by Gasteiger charge is 2.40. The van der Waals surface area contributed by atoms with Gasteiger partial charge in [0.15, 0.2) is 11.6 Å². The maximum Gasteiger partial charge on any atom is 0.407 e. The van der Waals surface area contributed by atoms with Gasteiger partial charge in [0, 0.05) is 10.0 Å². The number of rotatable bonds is 1. The number of aromatic hydroxyl groups is 1. The van der Waals surface area contributed by atoms with E-state index in [2.05, 4.69) is 15.9 Å². The fourth-order valence-corrected chi connectivity index (χ4v) is 1.58. The molecule has 0 saturated carbocycles. The molecule has 0 aliphatic heterocycles. The number of phenolic OH excluding ortho intramolecular Hbond substituents is 1. The first-order valence-corrected chi connectivity index (χ1v) is 4.53. The van der Waals surface area contributed by atoms with Gasteiger partial charge in [-0.05, 0) is 12.1 Å². The summed E-state index contributed by atoms with van der Waals surface area (Å²) in [5, 5.41) is 9.13. The molecule has 0 amide bonds. The molecule has 84 valence electrons. The van der Waals surface area contributed by atoms with Crippen LogP contribution in [0.15, 0.2) is 16.6 Å². The van der Waals surface area contributed by atoms with Gasteiger partial charge in [-0.3, -0.25) is 0 Å². The van der Waals surface area contributed by atoms with Crippen molar-refractivity contribution >= 4 is 15.9 Å². The van der Waals surface area contributed by atoms with Crippen LogP contribution in [0.3, 0.4) is 0 Å². The van der Waals surface area contributed by atoms with Gasteiger partial charge in [0.05, 0.1) is 0 Å². The van der Waals surface area contributed by atoms with Crippen molar-refractivity contribution < 1.29 is 22.7 Å². The molecule has 1 atom stereocenters. The third-order valence-corrected chi connectivity index (χ3v) is 2.47. The highest BCUT2D eigenvalue weighted by atomic mass is 79.9. The van der Waals surface area contributed by atoms with Crippen molar-refractivity contribution in [2.45, 2.75) is 12.2 Å². The van der Waals surface area contributed by atoms with Crippen molar-refractivity contribution in [2.24, 2.45) is 5.73 Å². The van der Waals surface area contributed by atoms with Crippen LogP contribution in [0.5, 0.6) is 5.75 Å². The summed E-state index contributed by atoms with van der Waals surface area (Å²) in [6.45, 7) is 0. The van der Waals surface area contributed by atoms with Gasteiger partial charge in [-0.15, -0.1) is 0 Å². The van der Waals surface area contributed by atoms with E-state index in [1.54, 1.807) is 0 Å². The molecule has 2 nitrogen and oxygen atoms in total. The number of phenols is 1. The first-order valence-electron chi connectivity index (χ1n) is 3.74. The van der Waals surface area contributed by atoms with Gasteiger partial charge in [-0.2, -0.15) is 13.2 Å². The largest absolute Gasteiger partial charge is 0.505 e. The highest BCUT2D eigenvalue weighted by Crippen LogP contribution is 2.40. The number of benzene rings is 1. The fraction of sp³-hybridized carbons (Fsp3) is 0.250. The third-order valence-electron chi connectivity index (χ3n) is 1.78. The molecule has 1 aromatic rings. The van der Waals surface area contributed by atoms with E-state index in [9.17, 15) is 17.6 Å². The van der Waals surface area contributed by atoms with Crippen LogP contribution >= 0.6 is 15.9 Å². The van der Waals surface area contributed by atoms with E-state index in [4.69, 9.17) is 10.8 Å². The Kier molecular flexibility index (Phi) is 3.25. The van der Waals surface area contributed by atoms with Gasteiger partial charge in [0.2, 0.25) is 0 Å². The SMILES string of the molecule is N[C@@H](c1c(Br)ccc(F)c1O)C(F)(F)F. The minimum Gasteiger partial charge on any atom is -0.505 e. The molecule has 0 spiro atoms. The Morgan fingerprint density at radius 2 is 1.87 bits per heavy atom. The summed E-state index contributed by atoms with van der Waals surface area (Å²) >= 11 is 2.77. The van der Waals surface area contributed by atoms with Crippen molar-refractivity contribution in [3.8, 4) is 5.75 Å². The standard InChI is InChI=1S/C8H6BrF4NO/c9-3-1-2-4(10)6(15)5(3)7(14)8(11,12)13/h1-2,7,15H,14H2/t7-/m0/s1. The van der Waals surface area contributed by atoms with Crippen molar-refractivity contribution in [1.82, 2.24) is 0 Å². The maximum atomic E-state index is 12.8. The molecular formula is C8H6BrF4NO. The molecule has 0 aliphatic rings. The maximum absolute atomic E-state index is 12.8. The first-order chi connectivity index (χ1) is 6.75. The van der Waals surface area contributed by atoms with E-state index in [1.807, 2.05) is 0 Å². The molecule has 0 unspecified atom stereocenters. The third kappa shape index (κ3) is 2.40. The van der Waals surface area contributed by atoms with Gasteiger partial charge in [-0.25, -0.2) is 4.39 Å². The van der Waals surface area contributed by atoms with Crippen molar-refractivity contribution in [2.75, 3.05) is 0 Å². The Balaban J connectivity index is 3.31. The number of nitrogens with two attached hydrogens (primary N) is 1. The highest BCUT2D eigenvalue weighted by molar-refractivity contribution is 9.10. The van der Waals surface area contributed by atoms with E-state index in [0.717, 1.165) is 12.1 Å². The Labute approximate surface area is 90.8 Å². The number of hydrogen-bond acceptors (Lipinski definition) is 2. The molecule has 1 aromatic carbocycles. The quantitative estimate of drug-likeness (QED) is 0.780. The first kappa shape index (κ1) is 12.3. The minimum absolute atomic E-state index is 0.0915. The Hall–Kier alpha value is -0.820. The smallest absolute Gasteiger partial charge is 0.407 e. The van der Waals surface area contributed by atoms with Crippen molar-refractivity contribution in [3.05, 3.63) is 28.0 Å². The predicted molar refractivity (Wildman–Crippen MR) is 48.7 cm³/mol. The molecule has 0 radical (unpaired) electrons. The van der Waals surface area contributed by atoms with Crippen LogP contribution in [0.25, 0.3) is 0 Å². The Morgan fingerprint density at radius 3 is 2.33 bits per heavy atom. The second-order valence-corrected chi connectivity index (χ2v) is 3.67. The second-order valence-electron chi connectivity index (χ2n) is 2.81. The average Bonchev–Trinajstić information content (AvgIpc) is 2.10. The van der Waals surface area contributed by atoms with E-state index in [-0.39, 0.29) is 4.47 Å². The molecule has 0 saturated heterocycles. The zero-order chi connectivity index (χ0) is 11.8. The number of halogens is 5. The van der Waals surface area contributed by atoms with E-state index < -0.39 is 29.3 Å². The summed E-state index contributed by atoms with van der Waals surface area (Å²) in [7, 11) is 0. The van der Waals surface area contributed by atoms with Crippen molar-refractivity contribution in [3.63, 3.8) is 0 Å². The van der Waals surface area contributed by atoms with Gasteiger partial charge in [0.25, 0.3) is 0 Å². The van der Waals surface area contributed by atoms with Crippen molar-refractivity contribution in [1.29, 1.82) is 0 Å². The lowest BCUT2D eigenvalue weighted by molar-refractivity contribution is -0.149. The monoisotopic (exact) mass is 287 g/mol. The van der Waals surface area contributed by atoms with Gasteiger partial charge in [0.1, 0.15) is 6.04 Å². The van der Waals surface area contributed by atoms with Crippen LogP contribution in [0.2, 0.25) is 0 Å². The lowest BCUT2D eigenvalue weighted by Crippen LogP contribution is -2.29. The zero-order valence-corrected chi connectivity index (χ0v) is 8.73. The van der Waals surface area contributed by atoms with Gasteiger partial charge < -0.3 is 10.8 Å². The molecule has 1 rings (SSSR count). The lowest BCUT2D eigenvalue weighted by Gasteiger charge is -2.18. The molecule has 0 bridgehead atoms. The second kappa shape index (κ2) is 3.97. The molecule has 0 fully saturated rings. The van der Waals surface area contributed by atoms with Gasteiger partial charge >= 0.3 is 6.18 Å². The predicted octanol–water partition coefficient (Wildman–Crippen LogP) is 2.86. The Morgan fingerprint density at radius 1 is 1.33 bits per heavy atom. The van der Waals surface area contributed by atoms with Crippen LogP contribution < -0.4 is 5.73 Å². The van der Waals surface area contributed by atoms with Crippen LogP contribution in [0, 0.1) is 5.82 Å². The van der Waals surface area contributed by atoms with Crippen LogP contribution in [0.4, 0.5) is 17.6 Å². The summed E-state index contributed by atoms with van der Waals surface area (Å²) in [5.41, 5.74) is 4.15. The molecule has 0 aliphatic carbocycles. The normalized spacial score (nSPS) is 14.0. The summed E-state index contributed by atoms with van der Waals surface area (Å²) in [5.74, 6) is -2.23. The molecule has 0 aromatic heterocycles.